The third-order valence-corrected chi connectivity index (χ3v) is 6.79. The number of nitrogens with zero attached hydrogens (tertiary/aromatic N) is 1. The fraction of sp³-hybridized carbons (Fsp3) is 0.0435. The van der Waals surface area contributed by atoms with Gasteiger partial charge in [0, 0.05) is 10.6 Å². The van der Waals surface area contributed by atoms with Crippen LogP contribution in [0.3, 0.4) is 0 Å². The number of carbonyl (C=O) groups excluding carboxylic acids is 2. The highest BCUT2D eigenvalue weighted by atomic mass is 79.9. The largest absolute Gasteiger partial charge is 0.486 e. The number of hydrogen-bond acceptors (Lipinski definition) is 4. The van der Waals surface area contributed by atoms with E-state index in [1.165, 1.54) is 6.07 Å². The van der Waals surface area contributed by atoms with Crippen molar-refractivity contribution in [2.45, 2.75) is 6.61 Å². The molecule has 0 aliphatic carbocycles. The van der Waals surface area contributed by atoms with Gasteiger partial charge in [-0.15, -0.1) is 0 Å². The van der Waals surface area contributed by atoms with Crippen LogP contribution in [0.25, 0.3) is 6.08 Å². The molecule has 1 fully saturated rings. The van der Waals surface area contributed by atoms with Gasteiger partial charge in [0.25, 0.3) is 11.1 Å². The molecular weight excluding hydrogens is 585 g/mol. The van der Waals surface area contributed by atoms with Crippen LogP contribution in [-0.2, 0) is 11.4 Å². The summed E-state index contributed by atoms with van der Waals surface area (Å²) in [6.45, 7) is 0.0573. The highest BCUT2D eigenvalue weighted by Gasteiger charge is 2.36. The van der Waals surface area contributed by atoms with E-state index in [2.05, 4.69) is 31.9 Å². The predicted octanol–water partition coefficient (Wildman–Crippen LogP) is 7.82. The van der Waals surface area contributed by atoms with E-state index in [0.29, 0.717) is 36.5 Å². The normalized spacial score (nSPS) is 15.0. The Hall–Kier alpha value is -2.13. The van der Waals surface area contributed by atoms with Gasteiger partial charge in [-0.2, -0.15) is 0 Å². The molecular formula is C23H13Br2ClFNO3S. The first-order valence-electron chi connectivity index (χ1n) is 9.22. The van der Waals surface area contributed by atoms with Gasteiger partial charge < -0.3 is 4.74 Å². The van der Waals surface area contributed by atoms with Crippen molar-refractivity contribution in [1.82, 2.24) is 0 Å². The first kappa shape index (κ1) is 23.0. The molecule has 1 aliphatic heterocycles. The van der Waals surface area contributed by atoms with E-state index in [1.807, 2.05) is 0 Å². The molecule has 0 unspecified atom stereocenters. The van der Waals surface area contributed by atoms with Crippen LogP contribution < -0.4 is 9.64 Å². The van der Waals surface area contributed by atoms with Crippen LogP contribution in [0.5, 0.6) is 5.75 Å². The Kier molecular flexibility index (Phi) is 7.05. The van der Waals surface area contributed by atoms with Gasteiger partial charge >= 0.3 is 0 Å². The Morgan fingerprint density at radius 2 is 1.75 bits per heavy atom. The van der Waals surface area contributed by atoms with Crippen molar-refractivity contribution in [3.8, 4) is 5.75 Å². The summed E-state index contributed by atoms with van der Waals surface area (Å²) >= 11 is 13.8. The quantitative estimate of drug-likeness (QED) is 0.282. The average Bonchev–Trinajstić information content (AvgIpc) is 3.01. The molecule has 0 spiro atoms. The van der Waals surface area contributed by atoms with Crippen LogP contribution in [0.4, 0.5) is 14.9 Å². The molecule has 0 saturated carbocycles. The maximum Gasteiger partial charge on any atom is 0.298 e. The minimum atomic E-state index is -0.422. The van der Waals surface area contributed by atoms with Crippen molar-refractivity contribution < 1.29 is 18.7 Å². The molecule has 2 amide bonds. The van der Waals surface area contributed by atoms with E-state index in [1.54, 1.807) is 60.7 Å². The number of thioether (sulfide) groups is 1. The molecule has 1 saturated heterocycles. The monoisotopic (exact) mass is 595 g/mol. The summed E-state index contributed by atoms with van der Waals surface area (Å²) in [4.78, 5) is 26.7. The predicted molar refractivity (Wildman–Crippen MR) is 132 cm³/mol. The van der Waals surface area contributed by atoms with E-state index in [9.17, 15) is 14.0 Å². The maximum absolute atomic E-state index is 13.8. The Bertz CT molecular complexity index is 1240. The zero-order chi connectivity index (χ0) is 22.8. The van der Waals surface area contributed by atoms with Gasteiger partial charge in [0.05, 0.1) is 19.5 Å². The number of imide groups is 1. The van der Waals surface area contributed by atoms with Gasteiger partial charge in [0.2, 0.25) is 0 Å². The number of benzene rings is 3. The van der Waals surface area contributed by atoms with Crippen molar-refractivity contribution in [2.24, 2.45) is 0 Å². The smallest absolute Gasteiger partial charge is 0.298 e. The molecule has 0 N–H and O–H groups in total. The summed E-state index contributed by atoms with van der Waals surface area (Å²) in [5.74, 6) is -0.265. The van der Waals surface area contributed by atoms with Gasteiger partial charge in [0.15, 0.2) is 0 Å². The highest BCUT2D eigenvalue weighted by molar-refractivity contribution is 9.11. The molecule has 3 aromatic carbocycles. The number of anilines is 1. The first-order chi connectivity index (χ1) is 15.3. The SMILES string of the molecule is O=C1S/C(=C/c2cc(Br)c(OCc3ccccc3F)c(Br)c2)C(=O)N1c1cccc(Cl)c1. The van der Waals surface area contributed by atoms with Crippen LogP contribution in [0.2, 0.25) is 5.02 Å². The molecule has 0 aromatic heterocycles. The van der Waals surface area contributed by atoms with E-state index >= 15 is 0 Å². The molecule has 4 rings (SSSR count). The van der Waals surface area contributed by atoms with Crippen LogP contribution in [0, 0.1) is 5.82 Å². The molecule has 1 heterocycles. The molecule has 162 valence electrons. The van der Waals surface area contributed by atoms with Crippen LogP contribution in [0.1, 0.15) is 11.1 Å². The summed E-state index contributed by atoms with van der Waals surface area (Å²) in [6, 6.07) is 16.5. The second kappa shape index (κ2) is 9.79. The van der Waals surface area contributed by atoms with E-state index in [0.717, 1.165) is 16.7 Å². The third-order valence-electron chi connectivity index (χ3n) is 4.51. The summed E-state index contributed by atoms with van der Waals surface area (Å²) in [7, 11) is 0. The molecule has 4 nitrogen and oxygen atoms in total. The first-order valence-corrected chi connectivity index (χ1v) is 12.0. The van der Waals surface area contributed by atoms with Gasteiger partial charge in [0.1, 0.15) is 18.2 Å². The molecule has 3 aromatic rings. The van der Waals surface area contributed by atoms with Crippen LogP contribution in [0.15, 0.2) is 74.5 Å². The lowest BCUT2D eigenvalue weighted by Crippen LogP contribution is -2.27. The lowest BCUT2D eigenvalue weighted by molar-refractivity contribution is -0.113. The summed E-state index contributed by atoms with van der Waals surface area (Å²) in [6.07, 6.45) is 1.63. The fourth-order valence-corrected chi connectivity index (χ4v) is 5.50. The number of rotatable bonds is 5. The van der Waals surface area contributed by atoms with Gasteiger partial charge in [-0.1, -0.05) is 35.9 Å². The van der Waals surface area contributed by atoms with Crippen LogP contribution in [-0.4, -0.2) is 11.1 Å². The molecule has 32 heavy (non-hydrogen) atoms. The Morgan fingerprint density at radius 3 is 2.44 bits per heavy atom. The molecule has 1 aliphatic rings. The Morgan fingerprint density at radius 1 is 1.03 bits per heavy atom. The molecule has 0 radical (unpaired) electrons. The van der Waals surface area contributed by atoms with Gasteiger partial charge in [-0.05, 0) is 91.7 Å². The topological polar surface area (TPSA) is 46.6 Å². The van der Waals surface area contributed by atoms with Crippen molar-refractivity contribution in [2.75, 3.05) is 4.90 Å². The summed E-state index contributed by atoms with van der Waals surface area (Å²) in [5.41, 5.74) is 1.53. The average molecular weight is 598 g/mol. The van der Waals surface area contributed by atoms with E-state index < -0.39 is 11.1 Å². The molecule has 9 heteroatoms. The third kappa shape index (κ3) is 4.93. The standard InChI is InChI=1S/C23H13Br2ClFNO3S/c24-17-8-13(9-18(25)21(17)31-12-14-4-1-2-7-19(14)27)10-20-22(29)28(23(30)32-20)16-6-3-5-15(26)11-16/h1-11H,12H2/b20-10+. The highest BCUT2D eigenvalue weighted by Crippen LogP contribution is 2.39. The summed E-state index contributed by atoms with van der Waals surface area (Å²) < 4.78 is 20.9. The second-order valence-corrected chi connectivity index (χ2v) is 9.83. The van der Waals surface area contributed by atoms with Gasteiger partial charge in [-0.3, -0.25) is 9.59 Å². The van der Waals surface area contributed by atoms with Crippen molar-refractivity contribution >= 4 is 78.1 Å². The Labute approximate surface area is 209 Å². The lowest BCUT2D eigenvalue weighted by Gasteiger charge is -2.13. The minimum Gasteiger partial charge on any atom is -0.486 e. The molecule has 0 bridgehead atoms. The summed E-state index contributed by atoms with van der Waals surface area (Å²) in [5, 5.41) is 0.0378. The Balaban J connectivity index is 1.56. The number of carbonyl (C=O) groups is 2. The van der Waals surface area contributed by atoms with E-state index in [-0.39, 0.29) is 17.3 Å². The number of halogens is 4. The van der Waals surface area contributed by atoms with E-state index in [4.69, 9.17) is 16.3 Å². The maximum atomic E-state index is 13.8. The zero-order valence-electron chi connectivity index (χ0n) is 16.2. The van der Waals surface area contributed by atoms with Crippen molar-refractivity contribution in [3.63, 3.8) is 0 Å². The van der Waals surface area contributed by atoms with Crippen molar-refractivity contribution in [3.05, 3.63) is 96.5 Å². The lowest BCUT2D eigenvalue weighted by atomic mass is 10.2. The number of ether oxygens (including phenoxy) is 1. The molecule has 0 atom stereocenters. The second-order valence-electron chi connectivity index (χ2n) is 6.69. The number of amides is 2. The van der Waals surface area contributed by atoms with Crippen LogP contribution >= 0.6 is 55.2 Å². The van der Waals surface area contributed by atoms with Gasteiger partial charge in [-0.25, -0.2) is 9.29 Å². The van der Waals surface area contributed by atoms with Crippen molar-refractivity contribution in [1.29, 1.82) is 0 Å². The number of hydrogen-bond donors (Lipinski definition) is 0. The fourth-order valence-electron chi connectivity index (χ4n) is 3.02. The minimum absolute atomic E-state index is 0.0573. The zero-order valence-corrected chi connectivity index (χ0v) is 20.9.